The van der Waals surface area contributed by atoms with E-state index in [1.807, 2.05) is 0 Å². The number of hydrogen-bond donors (Lipinski definition) is 2. The highest BCUT2D eigenvalue weighted by molar-refractivity contribution is 5.73. The van der Waals surface area contributed by atoms with Crippen molar-refractivity contribution in [2.75, 3.05) is 6.61 Å². The summed E-state index contributed by atoms with van der Waals surface area (Å²) < 4.78 is 1.62. The standard InChI is InChI=1S/C8H13N3O2/c1-6(13)9-8(5-12)7-3-4-11(2)10-7/h3-4,8,12H,5H2,1-2H3,(H,9,13). The van der Waals surface area contributed by atoms with Crippen molar-refractivity contribution < 1.29 is 9.90 Å². The number of nitrogens with zero attached hydrogens (tertiary/aromatic N) is 2. The van der Waals surface area contributed by atoms with E-state index in [9.17, 15) is 4.79 Å². The van der Waals surface area contributed by atoms with Crippen LogP contribution in [0.1, 0.15) is 18.7 Å². The second kappa shape index (κ2) is 4.04. The number of carbonyl (C=O) groups is 1. The van der Waals surface area contributed by atoms with Crippen molar-refractivity contribution in [2.45, 2.75) is 13.0 Å². The molecule has 13 heavy (non-hydrogen) atoms. The topological polar surface area (TPSA) is 67.2 Å². The molecule has 0 aliphatic rings. The quantitative estimate of drug-likeness (QED) is 0.669. The molecular formula is C8H13N3O2. The first-order chi connectivity index (χ1) is 6.13. The van der Waals surface area contributed by atoms with Gasteiger partial charge in [-0.15, -0.1) is 0 Å². The first kappa shape index (κ1) is 9.73. The molecule has 1 atom stereocenters. The van der Waals surface area contributed by atoms with Gasteiger partial charge in [-0.05, 0) is 6.07 Å². The fraction of sp³-hybridized carbons (Fsp3) is 0.500. The van der Waals surface area contributed by atoms with Crippen molar-refractivity contribution in [1.82, 2.24) is 15.1 Å². The Labute approximate surface area is 76.4 Å². The van der Waals surface area contributed by atoms with Gasteiger partial charge in [-0.3, -0.25) is 9.48 Å². The fourth-order valence-electron chi connectivity index (χ4n) is 1.08. The number of hydrogen-bond acceptors (Lipinski definition) is 3. The van der Waals surface area contributed by atoms with Crippen molar-refractivity contribution in [3.8, 4) is 0 Å². The highest BCUT2D eigenvalue weighted by Crippen LogP contribution is 2.08. The zero-order chi connectivity index (χ0) is 9.84. The molecule has 0 aromatic carbocycles. The number of aromatic nitrogens is 2. The van der Waals surface area contributed by atoms with Gasteiger partial charge in [0.05, 0.1) is 18.3 Å². The minimum absolute atomic E-state index is 0.142. The largest absolute Gasteiger partial charge is 0.394 e. The van der Waals surface area contributed by atoms with Crippen molar-refractivity contribution in [1.29, 1.82) is 0 Å². The molecule has 0 spiro atoms. The molecule has 0 aliphatic heterocycles. The Hall–Kier alpha value is -1.36. The summed E-state index contributed by atoms with van der Waals surface area (Å²) in [6, 6.07) is 1.36. The average molecular weight is 183 g/mol. The van der Waals surface area contributed by atoms with Crippen molar-refractivity contribution in [3.05, 3.63) is 18.0 Å². The van der Waals surface area contributed by atoms with E-state index < -0.39 is 6.04 Å². The van der Waals surface area contributed by atoms with E-state index in [2.05, 4.69) is 10.4 Å². The Morgan fingerprint density at radius 2 is 2.54 bits per heavy atom. The van der Waals surface area contributed by atoms with E-state index in [-0.39, 0.29) is 12.5 Å². The van der Waals surface area contributed by atoms with Gasteiger partial charge in [0, 0.05) is 20.2 Å². The molecule has 1 aromatic heterocycles. The zero-order valence-corrected chi connectivity index (χ0v) is 7.69. The van der Waals surface area contributed by atoms with Crippen LogP contribution in [0.15, 0.2) is 12.3 Å². The number of amides is 1. The highest BCUT2D eigenvalue weighted by atomic mass is 16.3. The van der Waals surface area contributed by atoms with Gasteiger partial charge >= 0.3 is 0 Å². The molecule has 72 valence electrons. The summed E-state index contributed by atoms with van der Waals surface area (Å²) in [5.41, 5.74) is 0.667. The fourth-order valence-corrected chi connectivity index (χ4v) is 1.08. The molecule has 0 aliphatic carbocycles. The molecule has 0 fully saturated rings. The lowest BCUT2D eigenvalue weighted by Crippen LogP contribution is -2.28. The maximum atomic E-state index is 10.7. The highest BCUT2D eigenvalue weighted by Gasteiger charge is 2.13. The second-order valence-electron chi connectivity index (χ2n) is 2.85. The van der Waals surface area contributed by atoms with E-state index in [1.165, 1.54) is 6.92 Å². The lowest BCUT2D eigenvalue weighted by atomic mass is 10.2. The molecule has 1 amide bonds. The van der Waals surface area contributed by atoms with Crippen molar-refractivity contribution in [2.24, 2.45) is 7.05 Å². The Morgan fingerprint density at radius 1 is 1.85 bits per heavy atom. The lowest BCUT2D eigenvalue weighted by molar-refractivity contribution is -0.120. The molecule has 5 heteroatoms. The summed E-state index contributed by atoms with van der Waals surface area (Å²) in [7, 11) is 1.78. The summed E-state index contributed by atoms with van der Waals surface area (Å²) in [5, 5.41) is 15.6. The molecule has 1 aromatic rings. The maximum Gasteiger partial charge on any atom is 0.217 e. The van der Waals surface area contributed by atoms with E-state index in [0.29, 0.717) is 5.69 Å². The summed E-state index contributed by atoms with van der Waals surface area (Å²) in [4.78, 5) is 10.7. The van der Waals surface area contributed by atoms with Crippen LogP contribution < -0.4 is 5.32 Å². The minimum Gasteiger partial charge on any atom is -0.394 e. The lowest BCUT2D eigenvalue weighted by Gasteiger charge is -2.11. The average Bonchev–Trinajstić information content (AvgIpc) is 2.47. The Bertz CT molecular complexity index is 295. The third kappa shape index (κ3) is 2.55. The van der Waals surface area contributed by atoms with Gasteiger partial charge in [0.15, 0.2) is 0 Å². The molecular weight excluding hydrogens is 170 g/mol. The first-order valence-corrected chi connectivity index (χ1v) is 4.01. The van der Waals surface area contributed by atoms with Gasteiger partial charge in [-0.2, -0.15) is 5.10 Å². The molecule has 2 N–H and O–H groups in total. The molecule has 0 bridgehead atoms. The summed E-state index contributed by atoms with van der Waals surface area (Å²) >= 11 is 0. The van der Waals surface area contributed by atoms with Gasteiger partial charge in [0.2, 0.25) is 5.91 Å². The zero-order valence-electron chi connectivity index (χ0n) is 7.69. The second-order valence-corrected chi connectivity index (χ2v) is 2.85. The molecule has 1 heterocycles. The van der Waals surface area contributed by atoms with Crippen molar-refractivity contribution in [3.63, 3.8) is 0 Å². The van der Waals surface area contributed by atoms with Crippen LogP contribution in [-0.4, -0.2) is 27.4 Å². The smallest absolute Gasteiger partial charge is 0.217 e. The van der Waals surface area contributed by atoms with Gasteiger partial charge in [-0.25, -0.2) is 0 Å². The molecule has 0 saturated carbocycles. The van der Waals surface area contributed by atoms with Gasteiger partial charge in [0.25, 0.3) is 0 Å². The number of carbonyl (C=O) groups excluding carboxylic acids is 1. The number of rotatable bonds is 3. The number of nitrogens with one attached hydrogen (secondary N) is 1. The van der Waals surface area contributed by atoms with Crippen LogP contribution >= 0.6 is 0 Å². The predicted octanol–water partition coefficient (Wildman–Crippen LogP) is -0.410. The van der Waals surface area contributed by atoms with E-state index in [4.69, 9.17) is 5.11 Å². The van der Waals surface area contributed by atoms with E-state index in [1.54, 1.807) is 24.0 Å². The Kier molecular flexibility index (Phi) is 3.02. The summed E-state index contributed by atoms with van der Waals surface area (Å²) in [5.74, 6) is -0.176. The summed E-state index contributed by atoms with van der Waals surface area (Å²) in [6.07, 6.45) is 1.76. The summed E-state index contributed by atoms with van der Waals surface area (Å²) in [6.45, 7) is 1.27. The first-order valence-electron chi connectivity index (χ1n) is 4.01. The molecule has 0 radical (unpaired) electrons. The predicted molar refractivity (Wildman–Crippen MR) is 46.9 cm³/mol. The third-order valence-corrected chi connectivity index (χ3v) is 1.65. The Morgan fingerprint density at radius 3 is 2.92 bits per heavy atom. The van der Waals surface area contributed by atoms with Crippen molar-refractivity contribution >= 4 is 5.91 Å². The van der Waals surface area contributed by atoms with Gasteiger partial charge in [0.1, 0.15) is 0 Å². The molecule has 0 saturated heterocycles. The van der Waals surface area contributed by atoms with E-state index >= 15 is 0 Å². The van der Waals surface area contributed by atoms with Crippen LogP contribution in [0.5, 0.6) is 0 Å². The normalized spacial score (nSPS) is 12.5. The van der Waals surface area contributed by atoms with Crippen LogP contribution in [0.3, 0.4) is 0 Å². The van der Waals surface area contributed by atoms with Crippen LogP contribution in [0.25, 0.3) is 0 Å². The monoisotopic (exact) mass is 183 g/mol. The minimum atomic E-state index is -0.404. The Balaban J connectivity index is 2.72. The van der Waals surface area contributed by atoms with Gasteiger partial charge < -0.3 is 10.4 Å². The van der Waals surface area contributed by atoms with E-state index in [0.717, 1.165) is 0 Å². The van der Waals surface area contributed by atoms with Crippen LogP contribution in [0, 0.1) is 0 Å². The maximum absolute atomic E-state index is 10.7. The van der Waals surface area contributed by atoms with Crippen LogP contribution in [0.4, 0.5) is 0 Å². The molecule has 1 rings (SSSR count). The molecule has 1 unspecified atom stereocenters. The third-order valence-electron chi connectivity index (χ3n) is 1.65. The molecule has 5 nitrogen and oxygen atoms in total. The van der Waals surface area contributed by atoms with Gasteiger partial charge in [-0.1, -0.05) is 0 Å². The SMILES string of the molecule is CC(=O)NC(CO)c1ccn(C)n1. The van der Waals surface area contributed by atoms with Crippen LogP contribution in [-0.2, 0) is 11.8 Å². The number of aryl methyl sites for hydroxylation is 1. The number of aliphatic hydroxyl groups excluding tert-OH is 1. The number of aliphatic hydroxyl groups is 1. The van der Waals surface area contributed by atoms with Crippen LogP contribution in [0.2, 0.25) is 0 Å².